The summed E-state index contributed by atoms with van der Waals surface area (Å²) in [6, 6.07) is 6.04. The highest BCUT2D eigenvalue weighted by molar-refractivity contribution is 5.72. The minimum absolute atomic E-state index is 0.126. The maximum absolute atomic E-state index is 12.4. The van der Waals surface area contributed by atoms with Crippen molar-refractivity contribution in [2.75, 3.05) is 28.7 Å². The monoisotopic (exact) mass is 475 g/mol. The van der Waals surface area contributed by atoms with Crippen molar-refractivity contribution in [2.45, 2.75) is 64.9 Å². The van der Waals surface area contributed by atoms with Gasteiger partial charge in [-0.2, -0.15) is 4.98 Å². The van der Waals surface area contributed by atoms with E-state index in [0.29, 0.717) is 12.0 Å². The fraction of sp³-hybridized carbons (Fsp3) is 0.520. The zero-order valence-electron chi connectivity index (χ0n) is 20.1. The van der Waals surface area contributed by atoms with Gasteiger partial charge < -0.3 is 19.9 Å². The number of nitrogens with zero attached hydrogens (tertiary/aromatic N) is 4. The van der Waals surface area contributed by atoms with Gasteiger partial charge in [-0.25, -0.2) is 4.98 Å². The standard InChI is InChI=1S/C25H32F3N5O/c1-16(18-10-12-20(13-11-18)34-25(26,27)28)30-23-29-14-21-22(31-23)33(19-8-6-7-9-19)15-24(3,4)17(2)32(21)5/h10-14,16,19H,2,6-9,15H2,1,3-5H3,(H,29,30,31). The Hall–Kier alpha value is -2.97. The molecule has 1 N–H and O–H groups in total. The van der Waals surface area contributed by atoms with E-state index in [1.165, 1.54) is 25.0 Å². The van der Waals surface area contributed by atoms with Gasteiger partial charge >= 0.3 is 6.36 Å². The van der Waals surface area contributed by atoms with Gasteiger partial charge in [-0.05, 0) is 37.5 Å². The van der Waals surface area contributed by atoms with Gasteiger partial charge in [0, 0.05) is 30.7 Å². The summed E-state index contributed by atoms with van der Waals surface area (Å²) in [5, 5.41) is 3.30. The van der Waals surface area contributed by atoms with E-state index in [2.05, 4.69) is 45.3 Å². The molecule has 0 amide bonds. The van der Waals surface area contributed by atoms with Gasteiger partial charge in [0.05, 0.1) is 12.2 Å². The molecule has 6 nitrogen and oxygen atoms in total. The molecule has 1 aromatic carbocycles. The molecule has 0 radical (unpaired) electrons. The lowest BCUT2D eigenvalue weighted by molar-refractivity contribution is -0.274. The number of halogens is 3. The number of anilines is 3. The molecule has 1 saturated carbocycles. The van der Waals surface area contributed by atoms with Crippen LogP contribution in [0, 0.1) is 5.41 Å². The number of alkyl halides is 3. The molecule has 34 heavy (non-hydrogen) atoms. The topological polar surface area (TPSA) is 53.5 Å². The van der Waals surface area contributed by atoms with Gasteiger partial charge in [-0.3, -0.25) is 0 Å². The molecule has 2 heterocycles. The number of rotatable bonds is 5. The third kappa shape index (κ3) is 5.08. The van der Waals surface area contributed by atoms with Crippen molar-refractivity contribution in [3.63, 3.8) is 0 Å². The summed E-state index contributed by atoms with van der Waals surface area (Å²) in [7, 11) is 2.00. The molecule has 0 saturated heterocycles. The summed E-state index contributed by atoms with van der Waals surface area (Å²) in [6.07, 6.45) is 1.83. The van der Waals surface area contributed by atoms with Crippen molar-refractivity contribution in [3.8, 4) is 5.75 Å². The molecule has 1 fully saturated rings. The number of fused-ring (bicyclic) bond motifs is 1. The van der Waals surface area contributed by atoms with E-state index >= 15 is 0 Å². The summed E-state index contributed by atoms with van der Waals surface area (Å²) in [4.78, 5) is 14.0. The van der Waals surface area contributed by atoms with Gasteiger partial charge in [-0.15, -0.1) is 13.2 Å². The van der Waals surface area contributed by atoms with Crippen molar-refractivity contribution in [1.29, 1.82) is 0 Å². The fourth-order valence-electron chi connectivity index (χ4n) is 4.83. The Morgan fingerprint density at radius 1 is 1.18 bits per heavy atom. The molecule has 1 aromatic heterocycles. The van der Waals surface area contributed by atoms with E-state index in [1.54, 1.807) is 12.1 Å². The number of nitrogens with one attached hydrogen (secondary N) is 1. The first kappa shape index (κ1) is 24.2. The lowest BCUT2D eigenvalue weighted by Crippen LogP contribution is -2.41. The summed E-state index contributed by atoms with van der Waals surface area (Å²) in [5.74, 6) is 1.12. The molecular weight excluding hydrogens is 443 g/mol. The van der Waals surface area contributed by atoms with Crippen LogP contribution in [0.4, 0.5) is 30.6 Å². The molecule has 1 atom stereocenters. The molecule has 1 aliphatic carbocycles. The average molecular weight is 476 g/mol. The highest BCUT2D eigenvalue weighted by Gasteiger charge is 2.38. The average Bonchev–Trinajstić information content (AvgIpc) is 3.28. The van der Waals surface area contributed by atoms with Crippen LogP contribution in [0.1, 0.15) is 58.1 Å². The Morgan fingerprint density at radius 2 is 1.82 bits per heavy atom. The van der Waals surface area contributed by atoms with Crippen LogP contribution in [0.15, 0.2) is 42.7 Å². The summed E-state index contributed by atoms with van der Waals surface area (Å²) in [5.41, 5.74) is 2.62. The number of benzene rings is 1. The van der Waals surface area contributed by atoms with E-state index in [1.807, 2.05) is 20.2 Å². The molecule has 184 valence electrons. The lowest BCUT2D eigenvalue weighted by atomic mass is 9.88. The molecular formula is C25H32F3N5O. The Morgan fingerprint density at radius 3 is 2.44 bits per heavy atom. The van der Waals surface area contributed by atoms with Crippen molar-refractivity contribution in [2.24, 2.45) is 5.41 Å². The molecule has 0 spiro atoms. The van der Waals surface area contributed by atoms with Crippen molar-refractivity contribution in [3.05, 3.63) is 48.3 Å². The van der Waals surface area contributed by atoms with Crippen LogP contribution in [-0.2, 0) is 0 Å². The first-order chi connectivity index (χ1) is 15.9. The van der Waals surface area contributed by atoms with E-state index in [0.717, 1.165) is 42.2 Å². The van der Waals surface area contributed by atoms with Crippen LogP contribution in [0.3, 0.4) is 0 Å². The Kier molecular flexibility index (Phi) is 6.40. The molecule has 1 aliphatic heterocycles. The number of aromatic nitrogens is 2. The van der Waals surface area contributed by atoms with E-state index in [4.69, 9.17) is 4.98 Å². The molecule has 2 aliphatic rings. The van der Waals surface area contributed by atoms with Gasteiger partial charge in [0.1, 0.15) is 11.4 Å². The smallest absolute Gasteiger partial charge is 0.406 e. The maximum atomic E-state index is 12.4. The zero-order chi connectivity index (χ0) is 24.7. The largest absolute Gasteiger partial charge is 0.573 e. The molecule has 1 unspecified atom stereocenters. The lowest BCUT2D eigenvalue weighted by Gasteiger charge is -2.36. The molecule has 0 bridgehead atoms. The number of hydrogen-bond acceptors (Lipinski definition) is 6. The Labute approximate surface area is 198 Å². The summed E-state index contributed by atoms with van der Waals surface area (Å²) in [6.45, 7) is 11.5. The van der Waals surface area contributed by atoms with E-state index in [-0.39, 0.29) is 17.2 Å². The van der Waals surface area contributed by atoms with Crippen LogP contribution in [-0.4, -0.2) is 36.0 Å². The summed E-state index contributed by atoms with van der Waals surface area (Å²) < 4.78 is 41.3. The highest BCUT2D eigenvalue weighted by Crippen LogP contribution is 2.43. The second kappa shape index (κ2) is 9.00. The first-order valence-electron chi connectivity index (χ1n) is 11.6. The quantitative estimate of drug-likeness (QED) is 0.549. The SMILES string of the molecule is C=C1N(C)c2cnc(NC(C)c3ccc(OC(F)(F)F)cc3)nc2N(C2CCCC2)CC1(C)C. The zero-order valence-corrected chi connectivity index (χ0v) is 20.1. The van der Waals surface area contributed by atoms with Gasteiger partial charge in [0.25, 0.3) is 0 Å². The Bertz CT molecular complexity index is 1030. The van der Waals surface area contributed by atoms with Crippen LogP contribution < -0.4 is 19.9 Å². The molecule has 9 heteroatoms. The van der Waals surface area contributed by atoms with Crippen LogP contribution in [0.5, 0.6) is 5.75 Å². The normalized spacial score (nSPS) is 19.6. The predicted octanol–water partition coefficient (Wildman–Crippen LogP) is 6.29. The first-order valence-corrected chi connectivity index (χ1v) is 11.6. The van der Waals surface area contributed by atoms with Gasteiger partial charge in [0.2, 0.25) is 5.95 Å². The van der Waals surface area contributed by atoms with Crippen LogP contribution in [0.25, 0.3) is 0 Å². The van der Waals surface area contributed by atoms with Gasteiger partial charge in [-0.1, -0.05) is 45.4 Å². The van der Waals surface area contributed by atoms with Crippen molar-refractivity contribution in [1.82, 2.24) is 9.97 Å². The second-order valence-electron chi connectivity index (χ2n) is 9.84. The van der Waals surface area contributed by atoms with Crippen LogP contribution >= 0.6 is 0 Å². The van der Waals surface area contributed by atoms with E-state index < -0.39 is 6.36 Å². The fourth-order valence-corrected chi connectivity index (χ4v) is 4.83. The molecule has 2 aromatic rings. The Balaban J connectivity index is 1.60. The van der Waals surface area contributed by atoms with E-state index in [9.17, 15) is 13.2 Å². The minimum Gasteiger partial charge on any atom is -0.406 e. The van der Waals surface area contributed by atoms with Crippen LogP contribution in [0.2, 0.25) is 0 Å². The van der Waals surface area contributed by atoms with Crippen molar-refractivity contribution >= 4 is 17.5 Å². The second-order valence-corrected chi connectivity index (χ2v) is 9.84. The molecule has 4 rings (SSSR count). The predicted molar refractivity (Wildman–Crippen MR) is 128 cm³/mol. The summed E-state index contributed by atoms with van der Waals surface area (Å²) >= 11 is 0. The number of ether oxygens (including phenoxy) is 1. The number of hydrogen-bond donors (Lipinski definition) is 1. The third-order valence-electron chi connectivity index (χ3n) is 6.86. The maximum Gasteiger partial charge on any atom is 0.573 e. The van der Waals surface area contributed by atoms with Crippen molar-refractivity contribution < 1.29 is 17.9 Å². The van der Waals surface area contributed by atoms with Gasteiger partial charge in [0.15, 0.2) is 5.82 Å². The highest BCUT2D eigenvalue weighted by atomic mass is 19.4. The minimum atomic E-state index is -4.71. The third-order valence-corrected chi connectivity index (χ3v) is 6.86.